The number of ether oxygens (including phenoxy) is 2. The molecular weight excluding hydrogens is 252 g/mol. The number of hydrogen-bond donors (Lipinski definition) is 1. The van der Waals surface area contributed by atoms with Gasteiger partial charge in [0.2, 0.25) is 0 Å². The minimum atomic E-state index is -0.541. The minimum Gasteiger partial charge on any atom is -0.490 e. The molecule has 0 aliphatic carbocycles. The van der Waals surface area contributed by atoms with Crippen LogP contribution in [-0.2, 0) is 0 Å². The molecule has 3 heteroatoms. The van der Waals surface area contributed by atoms with E-state index in [2.05, 4.69) is 0 Å². The second kappa shape index (κ2) is 6.96. The van der Waals surface area contributed by atoms with E-state index in [1.807, 2.05) is 55.5 Å². The minimum absolute atomic E-state index is 0.443. The van der Waals surface area contributed by atoms with E-state index in [1.54, 1.807) is 6.92 Å². The van der Waals surface area contributed by atoms with Crippen LogP contribution in [-0.4, -0.2) is 18.3 Å². The van der Waals surface area contributed by atoms with Crippen molar-refractivity contribution >= 4 is 0 Å². The lowest BCUT2D eigenvalue weighted by Gasteiger charge is -2.14. The normalized spacial score (nSPS) is 11.9. The number of rotatable bonds is 6. The van der Waals surface area contributed by atoms with Gasteiger partial charge >= 0.3 is 0 Å². The van der Waals surface area contributed by atoms with E-state index in [4.69, 9.17) is 9.47 Å². The van der Waals surface area contributed by atoms with Gasteiger partial charge in [-0.2, -0.15) is 0 Å². The molecule has 0 aliphatic heterocycles. The van der Waals surface area contributed by atoms with Gasteiger partial charge in [-0.15, -0.1) is 0 Å². The van der Waals surface area contributed by atoms with Crippen molar-refractivity contribution in [3.63, 3.8) is 0 Å². The lowest BCUT2D eigenvalue weighted by molar-refractivity contribution is 0.182. The van der Waals surface area contributed by atoms with Gasteiger partial charge in [0.15, 0.2) is 0 Å². The van der Waals surface area contributed by atoms with Crippen LogP contribution in [0.3, 0.4) is 0 Å². The first-order valence-corrected chi connectivity index (χ1v) is 6.76. The SMILES string of the molecule is Cc1ccc([C@H](C)O)c(OCCOc2ccccc2)c1. The number of hydrogen-bond acceptors (Lipinski definition) is 3. The Balaban J connectivity index is 1.89. The molecule has 0 heterocycles. The molecule has 0 saturated carbocycles. The van der Waals surface area contributed by atoms with Gasteiger partial charge in [-0.3, -0.25) is 0 Å². The van der Waals surface area contributed by atoms with E-state index in [1.165, 1.54) is 0 Å². The van der Waals surface area contributed by atoms with Crippen molar-refractivity contribution in [2.45, 2.75) is 20.0 Å². The second-order valence-electron chi connectivity index (χ2n) is 4.73. The molecule has 0 aliphatic rings. The van der Waals surface area contributed by atoms with E-state index >= 15 is 0 Å². The highest BCUT2D eigenvalue weighted by molar-refractivity contribution is 5.38. The van der Waals surface area contributed by atoms with E-state index < -0.39 is 6.10 Å². The van der Waals surface area contributed by atoms with Crippen LogP contribution >= 0.6 is 0 Å². The average molecular weight is 272 g/mol. The van der Waals surface area contributed by atoms with Crippen molar-refractivity contribution in [2.24, 2.45) is 0 Å². The molecule has 2 rings (SSSR count). The van der Waals surface area contributed by atoms with Crippen molar-refractivity contribution in [1.82, 2.24) is 0 Å². The molecule has 0 saturated heterocycles. The molecule has 1 N–H and O–H groups in total. The molecular formula is C17H20O3. The number of benzene rings is 2. The summed E-state index contributed by atoms with van der Waals surface area (Å²) in [7, 11) is 0. The van der Waals surface area contributed by atoms with Crippen molar-refractivity contribution < 1.29 is 14.6 Å². The van der Waals surface area contributed by atoms with E-state index in [-0.39, 0.29) is 0 Å². The Labute approximate surface area is 119 Å². The summed E-state index contributed by atoms with van der Waals surface area (Å²) in [6, 6.07) is 15.4. The Morgan fingerprint density at radius 2 is 1.70 bits per heavy atom. The fraction of sp³-hybridized carbons (Fsp3) is 0.294. The number of aryl methyl sites for hydroxylation is 1. The van der Waals surface area contributed by atoms with Crippen molar-refractivity contribution in [3.8, 4) is 11.5 Å². The first kappa shape index (κ1) is 14.4. The Morgan fingerprint density at radius 1 is 1.00 bits per heavy atom. The lowest BCUT2D eigenvalue weighted by atomic mass is 10.1. The third-order valence-electron chi connectivity index (χ3n) is 2.97. The molecule has 2 aromatic rings. The van der Waals surface area contributed by atoms with Crippen LogP contribution in [0.25, 0.3) is 0 Å². The third kappa shape index (κ3) is 4.00. The van der Waals surface area contributed by atoms with Crippen LogP contribution in [0, 0.1) is 6.92 Å². The molecule has 0 amide bonds. The summed E-state index contributed by atoms with van der Waals surface area (Å²) in [6.45, 7) is 4.65. The molecule has 3 nitrogen and oxygen atoms in total. The maximum absolute atomic E-state index is 9.72. The van der Waals surface area contributed by atoms with Crippen molar-refractivity contribution in [3.05, 3.63) is 59.7 Å². The Hall–Kier alpha value is -2.00. The fourth-order valence-corrected chi connectivity index (χ4v) is 1.94. The highest BCUT2D eigenvalue weighted by Crippen LogP contribution is 2.26. The highest BCUT2D eigenvalue weighted by atomic mass is 16.5. The fourth-order valence-electron chi connectivity index (χ4n) is 1.94. The first-order chi connectivity index (χ1) is 9.66. The third-order valence-corrected chi connectivity index (χ3v) is 2.97. The summed E-state index contributed by atoms with van der Waals surface area (Å²) in [6.07, 6.45) is -0.541. The Morgan fingerprint density at radius 3 is 2.40 bits per heavy atom. The average Bonchev–Trinajstić information content (AvgIpc) is 2.44. The van der Waals surface area contributed by atoms with Crippen LogP contribution in [0.1, 0.15) is 24.2 Å². The van der Waals surface area contributed by atoms with Crippen molar-refractivity contribution in [2.75, 3.05) is 13.2 Å². The van der Waals surface area contributed by atoms with Gasteiger partial charge in [0, 0.05) is 5.56 Å². The zero-order valence-electron chi connectivity index (χ0n) is 11.9. The van der Waals surface area contributed by atoms with E-state index in [0.717, 1.165) is 22.6 Å². The molecule has 0 bridgehead atoms. The van der Waals surface area contributed by atoms with E-state index in [0.29, 0.717) is 13.2 Å². The van der Waals surface area contributed by atoms with Gasteiger partial charge in [-0.1, -0.05) is 30.3 Å². The topological polar surface area (TPSA) is 38.7 Å². The standard InChI is InChI=1S/C17H20O3/c1-13-8-9-16(14(2)18)17(12-13)20-11-10-19-15-6-4-3-5-7-15/h3-9,12,14,18H,10-11H2,1-2H3/t14-/m0/s1. The molecule has 2 aromatic carbocycles. The molecule has 106 valence electrons. The monoisotopic (exact) mass is 272 g/mol. The summed E-state index contributed by atoms with van der Waals surface area (Å²) < 4.78 is 11.3. The molecule has 0 radical (unpaired) electrons. The second-order valence-corrected chi connectivity index (χ2v) is 4.73. The molecule has 0 fully saturated rings. The molecule has 0 spiro atoms. The maximum atomic E-state index is 9.72. The van der Waals surface area contributed by atoms with Gasteiger partial charge in [0.25, 0.3) is 0 Å². The van der Waals surface area contributed by atoms with Crippen molar-refractivity contribution in [1.29, 1.82) is 0 Å². The zero-order valence-corrected chi connectivity index (χ0v) is 11.9. The quantitative estimate of drug-likeness (QED) is 0.818. The lowest BCUT2D eigenvalue weighted by Crippen LogP contribution is -2.10. The summed E-state index contributed by atoms with van der Waals surface area (Å²) >= 11 is 0. The van der Waals surface area contributed by atoms with E-state index in [9.17, 15) is 5.11 Å². The van der Waals surface area contributed by atoms with Gasteiger partial charge in [0.1, 0.15) is 24.7 Å². The summed E-state index contributed by atoms with van der Waals surface area (Å²) in [5.74, 6) is 1.55. The van der Waals surface area contributed by atoms with Gasteiger partial charge in [0.05, 0.1) is 6.10 Å². The first-order valence-electron chi connectivity index (χ1n) is 6.76. The maximum Gasteiger partial charge on any atom is 0.125 e. The smallest absolute Gasteiger partial charge is 0.125 e. The number of para-hydroxylation sites is 1. The van der Waals surface area contributed by atoms with Crippen LogP contribution in [0.15, 0.2) is 48.5 Å². The summed E-state index contributed by atoms with van der Waals surface area (Å²) in [5.41, 5.74) is 1.91. The summed E-state index contributed by atoms with van der Waals surface area (Å²) in [4.78, 5) is 0. The zero-order chi connectivity index (χ0) is 14.4. The van der Waals surface area contributed by atoms with Crippen LogP contribution in [0.5, 0.6) is 11.5 Å². The molecule has 1 atom stereocenters. The number of aliphatic hydroxyl groups is 1. The predicted molar refractivity (Wildman–Crippen MR) is 79.2 cm³/mol. The van der Waals surface area contributed by atoms with Gasteiger partial charge in [-0.05, 0) is 37.6 Å². The molecule has 0 unspecified atom stereocenters. The van der Waals surface area contributed by atoms with Crippen LogP contribution in [0.2, 0.25) is 0 Å². The summed E-state index contributed by atoms with van der Waals surface area (Å²) in [5, 5.41) is 9.72. The Kier molecular flexibility index (Phi) is 5.02. The molecule has 20 heavy (non-hydrogen) atoms. The van der Waals surface area contributed by atoms with Crippen LogP contribution < -0.4 is 9.47 Å². The predicted octanol–water partition coefficient (Wildman–Crippen LogP) is 3.51. The largest absolute Gasteiger partial charge is 0.490 e. The number of aliphatic hydroxyl groups excluding tert-OH is 1. The molecule has 0 aromatic heterocycles. The highest BCUT2D eigenvalue weighted by Gasteiger charge is 2.09. The Bertz CT molecular complexity index is 535. The van der Waals surface area contributed by atoms with Gasteiger partial charge < -0.3 is 14.6 Å². The van der Waals surface area contributed by atoms with Gasteiger partial charge in [-0.25, -0.2) is 0 Å². The van der Waals surface area contributed by atoms with Crippen LogP contribution in [0.4, 0.5) is 0 Å².